The number of thiocarbonyl (C=S) groups is 1. The Bertz CT molecular complexity index is 319. The van der Waals surface area contributed by atoms with Crippen molar-refractivity contribution in [3.8, 4) is 0 Å². The minimum Gasteiger partial charge on any atom is -0.0849 e. The SMILES string of the molecule is CC1=C(C(C)(C)C)SSC1.S=C1C=CCC1. The molecule has 0 unspecified atom stereocenters. The quantitative estimate of drug-likeness (QED) is 0.427. The highest BCUT2D eigenvalue weighted by Gasteiger charge is 2.24. The molecule has 0 bridgehead atoms. The molecular formula is C13H20S3. The lowest BCUT2D eigenvalue weighted by Crippen LogP contribution is -2.06. The van der Waals surface area contributed by atoms with Crippen LogP contribution in [-0.4, -0.2) is 10.6 Å². The van der Waals surface area contributed by atoms with E-state index in [2.05, 4.69) is 33.8 Å². The van der Waals surface area contributed by atoms with Crippen LogP contribution in [0.4, 0.5) is 0 Å². The molecule has 1 heterocycles. The molecule has 0 amide bonds. The van der Waals surface area contributed by atoms with Gasteiger partial charge in [0.1, 0.15) is 0 Å². The molecule has 0 aromatic carbocycles. The van der Waals surface area contributed by atoms with E-state index < -0.39 is 0 Å². The lowest BCUT2D eigenvalue weighted by atomic mass is 9.94. The average Bonchev–Trinajstić information content (AvgIpc) is 2.75. The highest BCUT2D eigenvalue weighted by Crippen LogP contribution is 2.49. The Labute approximate surface area is 113 Å². The fourth-order valence-corrected chi connectivity index (χ4v) is 5.11. The summed E-state index contributed by atoms with van der Waals surface area (Å²) in [5.41, 5.74) is 1.95. The van der Waals surface area contributed by atoms with Crippen molar-refractivity contribution in [1.29, 1.82) is 0 Å². The molecule has 2 aliphatic rings. The van der Waals surface area contributed by atoms with E-state index >= 15 is 0 Å². The third-order valence-corrected chi connectivity index (χ3v) is 5.69. The van der Waals surface area contributed by atoms with Crippen LogP contribution in [0.5, 0.6) is 0 Å². The van der Waals surface area contributed by atoms with Crippen LogP contribution >= 0.6 is 33.8 Å². The smallest absolute Gasteiger partial charge is 0.0259 e. The lowest BCUT2D eigenvalue weighted by molar-refractivity contribution is 0.530. The van der Waals surface area contributed by atoms with Crippen molar-refractivity contribution in [2.75, 3.05) is 5.75 Å². The highest BCUT2D eigenvalue weighted by atomic mass is 33.1. The van der Waals surface area contributed by atoms with Crippen molar-refractivity contribution in [1.82, 2.24) is 0 Å². The molecule has 0 fully saturated rings. The molecule has 0 aromatic heterocycles. The summed E-state index contributed by atoms with van der Waals surface area (Å²) in [5, 5.41) is 0. The van der Waals surface area contributed by atoms with Gasteiger partial charge in [0.2, 0.25) is 0 Å². The third kappa shape index (κ3) is 4.64. The monoisotopic (exact) mass is 272 g/mol. The number of allylic oxidation sites excluding steroid dienone is 3. The topological polar surface area (TPSA) is 0 Å². The average molecular weight is 273 g/mol. The van der Waals surface area contributed by atoms with E-state index in [9.17, 15) is 0 Å². The summed E-state index contributed by atoms with van der Waals surface area (Å²) in [4.78, 5) is 2.69. The van der Waals surface area contributed by atoms with Crippen LogP contribution < -0.4 is 0 Å². The number of hydrogen-bond donors (Lipinski definition) is 0. The molecule has 1 aliphatic heterocycles. The third-order valence-electron chi connectivity index (χ3n) is 2.35. The first-order valence-electron chi connectivity index (χ1n) is 5.60. The fourth-order valence-electron chi connectivity index (χ4n) is 1.60. The van der Waals surface area contributed by atoms with Crippen LogP contribution in [0.1, 0.15) is 40.5 Å². The number of rotatable bonds is 0. The summed E-state index contributed by atoms with van der Waals surface area (Å²) < 4.78 is 0. The molecule has 16 heavy (non-hydrogen) atoms. The predicted octanol–water partition coefficient (Wildman–Crippen LogP) is 5.41. The van der Waals surface area contributed by atoms with E-state index in [1.54, 1.807) is 10.5 Å². The largest absolute Gasteiger partial charge is 0.0849 e. The number of hydrogen-bond acceptors (Lipinski definition) is 3. The van der Waals surface area contributed by atoms with Gasteiger partial charge in [-0.3, -0.25) is 0 Å². The van der Waals surface area contributed by atoms with Crippen molar-refractivity contribution >= 4 is 38.7 Å². The van der Waals surface area contributed by atoms with Crippen LogP contribution in [0.3, 0.4) is 0 Å². The van der Waals surface area contributed by atoms with Crippen molar-refractivity contribution in [2.45, 2.75) is 40.5 Å². The van der Waals surface area contributed by atoms with Gasteiger partial charge < -0.3 is 0 Å². The summed E-state index contributed by atoms with van der Waals surface area (Å²) in [5.74, 6) is 1.22. The molecule has 1 aliphatic carbocycles. The van der Waals surface area contributed by atoms with Gasteiger partial charge >= 0.3 is 0 Å². The lowest BCUT2D eigenvalue weighted by Gasteiger charge is -2.19. The first kappa shape index (κ1) is 14.3. The Morgan fingerprint density at radius 2 is 2.00 bits per heavy atom. The summed E-state index contributed by atoms with van der Waals surface area (Å²) >= 11 is 4.83. The van der Waals surface area contributed by atoms with Crippen LogP contribution in [-0.2, 0) is 0 Å². The summed E-state index contributed by atoms with van der Waals surface area (Å²) in [7, 11) is 3.91. The zero-order chi connectivity index (χ0) is 12.2. The predicted molar refractivity (Wildman–Crippen MR) is 83.2 cm³/mol. The Morgan fingerprint density at radius 1 is 1.31 bits per heavy atom. The molecule has 0 aromatic rings. The normalized spacial score (nSPS) is 20.1. The van der Waals surface area contributed by atoms with Crippen molar-refractivity contribution in [3.05, 3.63) is 22.6 Å². The summed E-state index contributed by atoms with van der Waals surface area (Å²) in [6.07, 6.45) is 6.39. The standard InChI is InChI=1S/C8H14S2.C5H6S/c1-6-5-9-10-7(6)8(2,3)4;6-5-3-1-2-4-5/h5H2,1-4H3;1,3H,2,4H2. The molecule has 0 radical (unpaired) electrons. The first-order valence-corrected chi connectivity index (χ1v) is 8.33. The Hall–Kier alpha value is 0.270. The zero-order valence-electron chi connectivity index (χ0n) is 10.5. The molecular weight excluding hydrogens is 252 g/mol. The van der Waals surface area contributed by atoms with Crippen LogP contribution in [0.2, 0.25) is 0 Å². The van der Waals surface area contributed by atoms with Crippen molar-refractivity contribution in [3.63, 3.8) is 0 Å². The molecule has 0 atom stereocenters. The maximum absolute atomic E-state index is 4.83. The van der Waals surface area contributed by atoms with Crippen LogP contribution in [0.15, 0.2) is 22.6 Å². The summed E-state index contributed by atoms with van der Waals surface area (Å²) in [6, 6.07) is 0. The Kier molecular flexibility index (Phi) is 5.62. The molecule has 0 N–H and O–H groups in total. The molecule has 0 saturated carbocycles. The van der Waals surface area contributed by atoms with E-state index in [-0.39, 0.29) is 0 Å². The Morgan fingerprint density at radius 3 is 2.19 bits per heavy atom. The molecule has 0 saturated heterocycles. The zero-order valence-corrected chi connectivity index (χ0v) is 13.0. The highest BCUT2D eigenvalue weighted by molar-refractivity contribution is 8.78. The van der Waals surface area contributed by atoms with Gasteiger partial charge in [-0.2, -0.15) is 0 Å². The van der Waals surface area contributed by atoms with Crippen molar-refractivity contribution in [2.24, 2.45) is 5.41 Å². The molecule has 2 rings (SSSR count). The van der Waals surface area contributed by atoms with Gasteiger partial charge in [-0.05, 0) is 25.2 Å². The second-order valence-corrected chi connectivity index (χ2v) is 7.94. The van der Waals surface area contributed by atoms with Crippen LogP contribution in [0.25, 0.3) is 0 Å². The maximum atomic E-state index is 4.83. The minimum absolute atomic E-state index is 0.373. The summed E-state index contributed by atoms with van der Waals surface area (Å²) in [6.45, 7) is 9.09. The van der Waals surface area contributed by atoms with Gasteiger partial charge in [0.05, 0.1) is 0 Å². The molecule has 0 spiro atoms. The van der Waals surface area contributed by atoms with Gasteiger partial charge in [-0.15, -0.1) is 0 Å². The minimum atomic E-state index is 0.373. The van der Waals surface area contributed by atoms with Crippen LogP contribution in [0, 0.1) is 5.41 Å². The Balaban J connectivity index is 0.000000181. The van der Waals surface area contributed by atoms with E-state index in [0.29, 0.717) is 5.41 Å². The molecule has 0 nitrogen and oxygen atoms in total. The maximum Gasteiger partial charge on any atom is 0.0259 e. The molecule has 3 heteroatoms. The second kappa shape index (κ2) is 6.27. The van der Waals surface area contributed by atoms with Crippen molar-refractivity contribution < 1.29 is 0 Å². The second-order valence-electron chi connectivity index (χ2n) is 5.11. The van der Waals surface area contributed by atoms with Gasteiger partial charge in [-0.25, -0.2) is 0 Å². The van der Waals surface area contributed by atoms with Gasteiger partial charge in [-0.1, -0.05) is 72.3 Å². The van der Waals surface area contributed by atoms with E-state index in [0.717, 1.165) is 11.3 Å². The van der Waals surface area contributed by atoms with Gasteiger partial charge in [0.25, 0.3) is 0 Å². The fraction of sp³-hybridized carbons (Fsp3) is 0.615. The molecule has 90 valence electrons. The van der Waals surface area contributed by atoms with Gasteiger partial charge in [0, 0.05) is 15.5 Å². The van der Waals surface area contributed by atoms with E-state index in [1.807, 2.05) is 27.7 Å². The van der Waals surface area contributed by atoms with E-state index in [1.165, 1.54) is 12.2 Å². The van der Waals surface area contributed by atoms with Gasteiger partial charge in [0.15, 0.2) is 0 Å². The van der Waals surface area contributed by atoms with E-state index in [4.69, 9.17) is 12.2 Å². The first-order chi connectivity index (χ1) is 7.41.